The van der Waals surface area contributed by atoms with Crippen molar-refractivity contribution in [3.63, 3.8) is 0 Å². The Hall–Kier alpha value is -1.45. The van der Waals surface area contributed by atoms with Crippen molar-refractivity contribution in [2.24, 2.45) is 4.99 Å². The first-order chi connectivity index (χ1) is 5.79. The summed E-state index contributed by atoms with van der Waals surface area (Å²) in [6.07, 6.45) is 6.27. The number of amides is 2. The maximum atomic E-state index is 10.1. The number of carbonyl (C=O) groups is 2. The Morgan fingerprint density at radius 3 is 2.42 bits per heavy atom. The minimum Gasteiger partial charge on any atom is -0.356 e. The Labute approximate surface area is 70.4 Å². The molecule has 0 aliphatic carbocycles. The minimum atomic E-state index is -0.157. The fourth-order valence-electron chi connectivity index (χ4n) is 0.850. The van der Waals surface area contributed by atoms with E-state index in [4.69, 9.17) is 0 Å². The molecule has 1 fully saturated rings. The molecule has 1 N–H and O–H groups in total. The lowest BCUT2D eigenvalue weighted by Gasteiger charge is -1.80. The molecule has 0 aromatic rings. The van der Waals surface area contributed by atoms with Gasteiger partial charge in [-0.05, 0) is 12.5 Å². The Kier molecular flexibility index (Phi) is 3.19. The van der Waals surface area contributed by atoms with E-state index in [1.165, 1.54) is 12.3 Å². The van der Waals surface area contributed by atoms with E-state index in [-0.39, 0.29) is 11.8 Å². The zero-order chi connectivity index (χ0) is 8.81. The third-order valence-corrected chi connectivity index (χ3v) is 1.43. The number of nitrogens with one attached hydrogen (secondary N) is 1. The largest absolute Gasteiger partial charge is 0.356 e. The van der Waals surface area contributed by atoms with Crippen LogP contribution < -0.4 is 5.32 Å². The van der Waals surface area contributed by atoms with E-state index in [0.717, 1.165) is 19.4 Å². The normalized spacial score (nSPS) is 19.0. The van der Waals surface area contributed by atoms with Crippen LogP contribution in [0.5, 0.6) is 0 Å². The Morgan fingerprint density at radius 2 is 2.25 bits per heavy atom. The highest BCUT2D eigenvalue weighted by molar-refractivity contribution is 6.03. The van der Waals surface area contributed by atoms with Gasteiger partial charge in [-0.1, -0.05) is 0 Å². The lowest BCUT2D eigenvalue weighted by molar-refractivity contribution is -0.119. The van der Waals surface area contributed by atoms with E-state index in [1.54, 1.807) is 6.08 Å². The molecule has 4 nitrogen and oxygen atoms in total. The molecule has 12 heavy (non-hydrogen) atoms. The summed E-state index contributed by atoms with van der Waals surface area (Å²) >= 11 is 0. The molecule has 2 aliphatic rings. The topological polar surface area (TPSA) is 58.5 Å². The summed E-state index contributed by atoms with van der Waals surface area (Å²) in [5.41, 5.74) is 0. The van der Waals surface area contributed by atoms with Crippen molar-refractivity contribution in [2.45, 2.75) is 12.8 Å². The smallest absolute Gasteiger partial charge is 0.269 e. The molecule has 0 aromatic heterocycles. The van der Waals surface area contributed by atoms with Crippen LogP contribution in [-0.2, 0) is 9.59 Å². The lowest BCUT2D eigenvalue weighted by atomic mass is 10.4. The molecule has 2 heterocycles. The first kappa shape index (κ1) is 8.64. The molecule has 2 amide bonds. The molecule has 0 unspecified atom stereocenters. The molecular formula is C8H10N2O2. The van der Waals surface area contributed by atoms with Crippen molar-refractivity contribution >= 4 is 18.0 Å². The monoisotopic (exact) mass is 166 g/mol. The van der Waals surface area contributed by atoms with Gasteiger partial charge < -0.3 is 5.32 Å². The van der Waals surface area contributed by atoms with Crippen LogP contribution in [0.1, 0.15) is 12.8 Å². The first-order valence-electron chi connectivity index (χ1n) is 3.80. The molecule has 2 aliphatic heterocycles. The van der Waals surface area contributed by atoms with Gasteiger partial charge in [-0.2, -0.15) is 0 Å². The number of hydrogen-bond acceptors (Lipinski definition) is 2. The molecular weight excluding hydrogens is 156 g/mol. The van der Waals surface area contributed by atoms with E-state index in [1.807, 2.05) is 0 Å². The predicted molar refractivity (Wildman–Crippen MR) is 44.9 cm³/mol. The second-order valence-electron chi connectivity index (χ2n) is 2.43. The van der Waals surface area contributed by atoms with Gasteiger partial charge in [0.05, 0.1) is 0 Å². The van der Waals surface area contributed by atoms with E-state index < -0.39 is 0 Å². The van der Waals surface area contributed by atoms with Gasteiger partial charge in [0.1, 0.15) is 0 Å². The number of hydrogen-bond donors (Lipinski definition) is 1. The maximum Gasteiger partial charge on any atom is 0.269 e. The summed E-state index contributed by atoms with van der Waals surface area (Å²) in [6.45, 7) is 0.888. The summed E-state index contributed by atoms with van der Waals surface area (Å²) in [5, 5.41) is 2.68. The number of aliphatic imine (C=N–C) groups is 1. The van der Waals surface area contributed by atoms with Crippen molar-refractivity contribution in [3.05, 3.63) is 12.2 Å². The van der Waals surface area contributed by atoms with Gasteiger partial charge in [0.2, 0.25) is 5.91 Å². The lowest BCUT2D eigenvalue weighted by Crippen LogP contribution is -2.12. The van der Waals surface area contributed by atoms with E-state index >= 15 is 0 Å². The van der Waals surface area contributed by atoms with Gasteiger partial charge in [0.25, 0.3) is 5.91 Å². The second-order valence-corrected chi connectivity index (χ2v) is 2.43. The minimum absolute atomic E-state index is 0.157. The van der Waals surface area contributed by atoms with Crippen LogP contribution in [0, 0.1) is 0 Å². The van der Waals surface area contributed by atoms with Crippen molar-refractivity contribution in [1.29, 1.82) is 0 Å². The highest BCUT2D eigenvalue weighted by Gasteiger charge is 2.05. The van der Waals surface area contributed by atoms with Crippen LogP contribution in [0.3, 0.4) is 0 Å². The van der Waals surface area contributed by atoms with Gasteiger partial charge in [-0.25, -0.2) is 4.99 Å². The van der Waals surface area contributed by atoms with Crippen molar-refractivity contribution in [2.75, 3.05) is 6.54 Å². The number of rotatable bonds is 0. The summed E-state index contributed by atoms with van der Waals surface area (Å²) in [4.78, 5) is 23.5. The Morgan fingerprint density at radius 1 is 1.42 bits per heavy atom. The van der Waals surface area contributed by atoms with Crippen LogP contribution in [0.4, 0.5) is 0 Å². The van der Waals surface area contributed by atoms with Gasteiger partial charge in [0.15, 0.2) is 0 Å². The quantitative estimate of drug-likeness (QED) is 0.552. The van der Waals surface area contributed by atoms with Crippen molar-refractivity contribution in [3.8, 4) is 0 Å². The molecule has 64 valence electrons. The number of carbonyl (C=O) groups excluding carboxylic acids is 2. The summed E-state index contributed by atoms with van der Waals surface area (Å²) in [6, 6.07) is 0. The predicted octanol–water partition coefficient (Wildman–Crippen LogP) is 0.0500. The average Bonchev–Trinajstić information content (AvgIpc) is 2.63. The van der Waals surface area contributed by atoms with Crippen LogP contribution in [0.15, 0.2) is 17.1 Å². The molecule has 0 atom stereocenters. The molecule has 0 saturated carbocycles. The van der Waals surface area contributed by atoms with Crippen LogP contribution in [-0.4, -0.2) is 24.6 Å². The van der Waals surface area contributed by atoms with Gasteiger partial charge in [-0.3, -0.25) is 9.59 Å². The molecule has 1 saturated heterocycles. The standard InChI is InChI=1S/C4H7NO.C4H3NO/c2*6-4-2-1-3-5-4/h1-3H2,(H,5,6);1-3H. The van der Waals surface area contributed by atoms with Crippen molar-refractivity contribution in [1.82, 2.24) is 5.32 Å². The third-order valence-electron chi connectivity index (χ3n) is 1.43. The summed E-state index contributed by atoms with van der Waals surface area (Å²) in [7, 11) is 0. The Balaban J connectivity index is 0.000000120. The zero-order valence-electron chi connectivity index (χ0n) is 6.62. The van der Waals surface area contributed by atoms with Crippen LogP contribution in [0.2, 0.25) is 0 Å². The molecule has 0 bridgehead atoms. The molecule has 4 heteroatoms. The summed E-state index contributed by atoms with van der Waals surface area (Å²) < 4.78 is 0. The van der Waals surface area contributed by atoms with E-state index in [2.05, 4.69) is 10.3 Å². The number of nitrogens with zero attached hydrogens (tertiary/aromatic N) is 1. The highest BCUT2D eigenvalue weighted by Crippen LogP contribution is 1.93. The fraction of sp³-hybridized carbons (Fsp3) is 0.375. The maximum absolute atomic E-state index is 10.1. The Bertz CT molecular complexity index is 221. The first-order valence-corrected chi connectivity index (χ1v) is 3.80. The molecule has 0 spiro atoms. The van der Waals surface area contributed by atoms with Crippen molar-refractivity contribution < 1.29 is 9.59 Å². The van der Waals surface area contributed by atoms with Gasteiger partial charge in [0, 0.05) is 25.3 Å². The fourth-order valence-corrected chi connectivity index (χ4v) is 0.850. The molecule has 0 radical (unpaired) electrons. The van der Waals surface area contributed by atoms with Gasteiger partial charge in [-0.15, -0.1) is 0 Å². The molecule has 0 aromatic carbocycles. The highest BCUT2D eigenvalue weighted by atomic mass is 16.2. The SMILES string of the molecule is O=C1C=CC=N1.O=C1CCCN1. The number of allylic oxidation sites excluding steroid dienone is 1. The van der Waals surface area contributed by atoms with Crippen LogP contribution >= 0.6 is 0 Å². The third kappa shape index (κ3) is 3.09. The van der Waals surface area contributed by atoms with E-state index in [0.29, 0.717) is 0 Å². The van der Waals surface area contributed by atoms with Crippen LogP contribution in [0.25, 0.3) is 0 Å². The molecule has 2 rings (SSSR count). The summed E-state index contributed by atoms with van der Waals surface area (Å²) in [5.74, 6) is 0.0463. The second kappa shape index (κ2) is 4.43. The average molecular weight is 166 g/mol. The van der Waals surface area contributed by atoms with E-state index in [9.17, 15) is 9.59 Å². The zero-order valence-corrected chi connectivity index (χ0v) is 6.62. The van der Waals surface area contributed by atoms with Gasteiger partial charge >= 0.3 is 0 Å².